The van der Waals surface area contributed by atoms with Gasteiger partial charge in [0.05, 0.1) is 5.56 Å². The van der Waals surface area contributed by atoms with E-state index in [0.717, 1.165) is 38.8 Å². The van der Waals surface area contributed by atoms with Gasteiger partial charge < -0.3 is 4.90 Å². The van der Waals surface area contributed by atoms with Crippen molar-refractivity contribution < 1.29 is 13.2 Å². The van der Waals surface area contributed by atoms with Gasteiger partial charge in [-0.25, -0.2) is 0 Å². The van der Waals surface area contributed by atoms with E-state index < -0.39 is 11.7 Å². The molecule has 1 heterocycles. The normalized spacial score (nSPS) is 18.8. The second kappa shape index (κ2) is 6.88. The first-order valence-electron chi connectivity index (χ1n) is 7.10. The molecule has 0 aliphatic carbocycles. The number of rotatable bonds is 4. The van der Waals surface area contributed by atoms with Gasteiger partial charge in [0.25, 0.3) is 0 Å². The number of hydrogen-bond donors (Lipinski definition) is 0. The van der Waals surface area contributed by atoms with Crippen LogP contribution in [0.5, 0.6) is 0 Å². The van der Waals surface area contributed by atoms with Crippen LogP contribution in [-0.2, 0) is 6.18 Å². The van der Waals surface area contributed by atoms with Crippen molar-refractivity contribution in [2.24, 2.45) is 5.92 Å². The van der Waals surface area contributed by atoms with Gasteiger partial charge in [-0.1, -0.05) is 13.0 Å². The summed E-state index contributed by atoms with van der Waals surface area (Å²) in [7, 11) is 0. The Labute approximate surface area is 128 Å². The van der Waals surface area contributed by atoms with E-state index in [2.05, 4.69) is 11.8 Å². The smallest absolute Gasteiger partial charge is 0.369 e. The molecule has 0 bridgehead atoms. The monoisotopic (exact) mass is 320 g/mol. The van der Waals surface area contributed by atoms with Gasteiger partial charge in [-0.15, -0.1) is 11.6 Å². The predicted octanol–water partition coefficient (Wildman–Crippen LogP) is 3.70. The Hall–Kier alpha value is -0.940. The minimum absolute atomic E-state index is 0.437. The third kappa shape index (κ3) is 4.51. The minimum atomic E-state index is -4.28. The fourth-order valence-electron chi connectivity index (χ4n) is 2.56. The number of hydrogen-bond acceptors (Lipinski definition) is 2. The largest absolute Gasteiger partial charge is 0.416 e. The summed E-state index contributed by atoms with van der Waals surface area (Å²) in [5, 5.41) is 0. The average Bonchev–Trinajstić information content (AvgIpc) is 2.47. The molecule has 1 aliphatic heterocycles. The van der Waals surface area contributed by atoms with Crippen LogP contribution in [0.25, 0.3) is 0 Å². The predicted molar refractivity (Wildman–Crippen MR) is 80.0 cm³/mol. The lowest BCUT2D eigenvalue weighted by Gasteiger charge is -2.37. The highest BCUT2D eigenvalue weighted by Gasteiger charge is 2.31. The van der Waals surface area contributed by atoms with Crippen molar-refractivity contribution in [3.8, 4) is 0 Å². The Morgan fingerprint density at radius 2 is 1.86 bits per heavy atom. The molecule has 1 aliphatic rings. The van der Waals surface area contributed by atoms with Crippen molar-refractivity contribution in [2.75, 3.05) is 43.5 Å². The minimum Gasteiger partial charge on any atom is -0.369 e. The molecular weight excluding hydrogens is 301 g/mol. The summed E-state index contributed by atoms with van der Waals surface area (Å²) in [6.45, 7) is 6.26. The summed E-state index contributed by atoms with van der Waals surface area (Å²) in [6, 6.07) is 5.56. The Balaban J connectivity index is 1.96. The Morgan fingerprint density at radius 1 is 1.19 bits per heavy atom. The summed E-state index contributed by atoms with van der Waals surface area (Å²) in [4.78, 5) is 4.33. The molecule has 0 amide bonds. The van der Waals surface area contributed by atoms with Gasteiger partial charge in [0.2, 0.25) is 0 Å². The fraction of sp³-hybridized carbons (Fsp3) is 0.600. The van der Waals surface area contributed by atoms with Crippen LogP contribution in [0, 0.1) is 5.92 Å². The highest BCUT2D eigenvalue weighted by molar-refractivity contribution is 6.18. The number of benzene rings is 1. The highest BCUT2D eigenvalue weighted by Crippen LogP contribution is 2.31. The van der Waals surface area contributed by atoms with Gasteiger partial charge in [0.15, 0.2) is 0 Å². The number of nitrogens with zero attached hydrogens (tertiary/aromatic N) is 2. The van der Waals surface area contributed by atoms with Gasteiger partial charge in [-0.2, -0.15) is 13.2 Å². The zero-order valence-corrected chi connectivity index (χ0v) is 12.8. The Bertz CT molecular complexity index is 456. The topological polar surface area (TPSA) is 6.48 Å². The molecule has 1 atom stereocenters. The molecule has 0 aromatic heterocycles. The Morgan fingerprint density at radius 3 is 2.43 bits per heavy atom. The number of anilines is 1. The fourth-order valence-corrected chi connectivity index (χ4v) is 2.65. The summed E-state index contributed by atoms with van der Waals surface area (Å²) < 4.78 is 38.2. The molecule has 1 aromatic carbocycles. The molecular formula is C15H20ClF3N2. The lowest BCUT2D eigenvalue weighted by molar-refractivity contribution is -0.137. The molecule has 1 unspecified atom stereocenters. The van der Waals surface area contributed by atoms with Crippen molar-refractivity contribution in [3.05, 3.63) is 29.8 Å². The molecule has 0 saturated carbocycles. The molecule has 6 heteroatoms. The number of piperazine rings is 1. The van der Waals surface area contributed by atoms with Crippen molar-refractivity contribution >= 4 is 17.3 Å². The molecule has 1 fully saturated rings. The quantitative estimate of drug-likeness (QED) is 0.780. The van der Waals surface area contributed by atoms with Crippen LogP contribution in [0.15, 0.2) is 24.3 Å². The molecule has 0 N–H and O–H groups in total. The summed E-state index contributed by atoms with van der Waals surface area (Å²) in [6.07, 6.45) is -4.28. The molecule has 1 saturated heterocycles. The average molecular weight is 321 g/mol. The SMILES string of the molecule is CC(CCl)CN1CCN(c2cccc(C(F)(F)F)c2)CC1. The van der Waals surface area contributed by atoms with Crippen LogP contribution >= 0.6 is 11.6 Å². The Kier molecular flexibility index (Phi) is 5.38. The van der Waals surface area contributed by atoms with Crippen LogP contribution < -0.4 is 4.90 Å². The second-order valence-electron chi connectivity index (χ2n) is 5.60. The van der Waals surface area contributed by atoms with Crippen LogP contribution in [0.3, 0.4) is 0 Å². The third-order valence-electron chi connectivity index (χ3n) is 3.74. The molecule has 1 aromatic rings. The summed E-state index contributed by atoms with van der Waals surface area (Å²) in [5.74, 6) is 1.07. The first-order valence-corrected chi connectivity index (χ1v) is 7.64. The molecule has 2 rings (SSSR count). The highest BCUT2D eigenvalue weighted by atomic mass is 35.5. The van der Waals surface area contributed by atoms with E-state index in [1.807, 2.05) is 4.90 Å². The molecule has 118 valence electrons. The zero-order chi connectivity index (χ0) is 15.5. The second-order valence-corrected chi connectivity index (χ2v) is 5.90. The van der Waals surface area contributed by atoms with Crippen LogP contribution in [0.1, 0.15) is 12.5 Å². The van der Waals surface area contributed by atoms with Crippen molar-refractivity contribution in [3.63, 3.8) is 0 Å². The van der Waals surface area contributed by atoms with E-state index in [0.29, 0.717) is 17.5 Å². The molecule has 21 heavy (non-hydrogen) atoms. The van der Waals surface area contributed by atoms with Crippen molar-refractivity contribution in [1.29, 1.82) is 0 Å². The first kappa shape index (κ1) is 16.4. The number of halogens is 4. The van der Waals surface area contributed by atoms with Crippen LogP contribution in [0.4, 0.5) is 18.9 Å². The van der Waals surface area contributed by atoms with Crippen LogP contribution in [-0.4, -0.2) is 43.5 Å². The third-order valence-corrected chi connectivity index (χ3v) is 4.27. The lowest BCUT2D eigenvalue weighted by Crippen LogP contribution is -2.47. The van der Waals surface area contributed by atoms with Gasteiger partial charge in [0.1, 0.15) is 0 Å². The van der Waals surface area contributed by atoms with E-state index in [4.69, 9.17) is 11.6 Å². The summed E-state index contributed by atoms with van der Waals surface area (Å²) >= 11 is 5.81. The van der Waals surface area contributed by atoms with Crippen molar-refractivity contribution in [2.45, 2.75) is 13.1 Å². The maximum Gasteiger partial charge on any atom is 0.416 e. The zero-order valence-electron chi connectivity index (χ0n) is 12.0. The van der Waals surface area contributed by atoms with Crippen LogP contribution in [0.2, 0.25) is 0 Å². The first-order chi connectivity index (χ1) is 9.90. The standard InChI is InChI=1S/C15H20ClF3N2/c1-12(10-16)11-20-5-7-21(8-6-20)14-4-2-3-13(9-14)15(17,18)19/h2-4,9,12H,5-8,10-11H2,1H3. The lowest BCUT2D eigenvalue weighted by atomic mass is 10.1. The molecule has 0 radical (unpaired) electrons. The molecule has 0 spiro atoms. The van der Waals surface area contributed by atoms with E-state index in [1.54, 1.807) is 6.07 Å². The van der Waals surface area contributed by atoms with Gasteiger partial charge in [0, 0.05) is 44.3 Å². The number of alkyl halides is 4. The summed E-state index contributed by atoms with van der Waals surface area (Å²) in [5.41, 5.74) is 0.0630. The van der Waals surface area contributed by atoms with Crippen molar-refractivity contribution in [1.82, 2.24) is 4.90 Å². The van der Waals surface area contributed by atoms with E-state index in [-0.39, 0.29) is 0 Å². The maximum atomic E-state index is 12.7. The van der Waals surface area contributed by atoms with Gasteiger partial charge >= 0.3 is 6.18 Å². The van der Waals surface area contributed by atoms with E-state index in [1.165, 1.54) is 12.1 Å². The molecule has 2 nitrogen and oxygen atoms in total. The van der Waals surface area contributed by atoms with Gasteiger partial charge in [-0.05, 0) is 24.1 Å². The van der Waals surface area contributed by atoms with E-state index in [9.17, 15) is 13.2 Å². The van der Waals surface area contributed by atoms with E-state index >= 15 is 0 Å². The maximum absolute atomic E-state index is 12.7. The van der Waals surface area contributed by atoms with Gasteiger partial charge in [-0.3, -0.25) is 4.90 Å².